The smallest absolute Gasteiger partial charge is 0.147 e. The van der Waals surface area contributed by atoms with Gasteiger partial charge in [-0.05, 0) is 87.8 Å². The average molecular weight is 486 g/mol. The van der Waals surface area contributed by atoms with E-state index >= 15 is 0 Å². The van der Waals surface area contributed by atoms with Gasteiger partial charge >= 0.3 is 0 Å². The van der Waals surface area contributed by atoms with Crippen molar-refractivity contribution in [3.05, 3.63) is 51.3 Å². The largest absolute Gasteiger partial charge is 0.396 e. The number of anilines is 1. The Balaban J connectivity index is 1.75. The number of halogens is 1. The van der Waals surface area contributed by atoms with Crippen LogP contribution in [0.5, 0.6) is 0 Å². The van der Waals surface area contributed by atoms with Crippen LogP contribution in [0, 0.1) is 33.6 Å². The summed E-state index contributed by atoms with van der Waals surface area (Å²) in [7, 11) is 0. The Morgan fingerprint density at radius 3 is 2.32 bits per heavy atom. The third kappa shape index (κ3) is 4.26. The van der Waals surface area contributed by atoms with Crippen molar-refractivity contribution >= 4 is 32.7 Å². The maximum atomic E-state index is 10.3. The molecule has 3 aromatic rings. The van der Waals surface area contributed by atoms with E-state index in [1.165, 1.54) is 33.5 Å². The minimum atomic E-state index is -0.405. The lowest BCUT2D eigenvalue weighted by Gasteiger charge is -2.36. The van der Waals surface area contributed by atoms with E-state index in [9.17, 15) is 5.11 Å². The van der Waals surface area contributed by atoms with Crippen molar-refractivity contribution in [2.45, 2.75) is 53.1 Å². The highest BCUT2D eigenvalue weighted by atomic mass is 79.9. The highest BCUT2D eigenvalue weighted by Crippen LogP contribution is 2.36. The number of hydrogen-bond acceptors (Lipinski definition) is 4. The molecule has 2 aromatic heterocycles. The van der Waals surface area contributed by atoms with Crippen LogP contribution in [0.4, 0.5) is 5.69 Å². The first-order valence-corrected chi connectivity index (χ1v) is 11.9. The maximum Gasteiger partial charge on any atom is 0.147 e. The molecule has 1 atom stereocenters. The summed E-state index contributed by atoms with van der Waals surface area (Å²) in [6.07, 6.45) is 4.15. The first-order chi connectivity index (χ1) is 14.8. The molecule has 166 valence electrons. The highest BCUT2D eigenvalue weighted by molar-refractivity contribution is 9.10. The Bertz CT molecular complexity index is 1080. The summed E-state index contributed by atoms with van der Waals surface area (Å²) in [4.78, 5) is 7.40. The Labute approximate surface area is 192 Å². The van der Waals surface area contributed by atoms with Crippen LogP contribution in [-0.4, -0.2) is 45.6 Å². The molecular weight excluding hydrogens is 454 g/mol. The van der Waals surface area contributed by atoms with Gasteiger partial charge < -0.3 is 19.7 Å². The number of aliphatic hydroxyl groups excluding tert-OH is 2. The molecule has 0 bridgehead atoms. The molecule has 1 saturated heterocycles. The van der Waals surface area contributed by atoms with Crippen LogP contribution in [0.3, 0.4) is 0 Å². The summed E-state index contributed by atoms with van der Waals surface area (Å²) in [6.45, 7) is 10.4. The number of aliphatic hydroxyl groups is 2. The fourth-order valence-electron chi connectivity index (χ4n) is 5.11. The Hall–Kier alpha value is -1.89. The van der Waals surface area contributed by atoms with Gasteiger partial charge in [0, 0.05) is 47.1 Å². The summed E-state index contributed by atoms with van der Waals surface area (Å²) in [5.41, 5.74) is 8.10. The number of pyridine rings is 1. The van der Waals surface area contributed by atoms with Gasteiger partial charge in [0.2, 0.25) is 0 Å². The summed E-state index contributed by atoms with van der Waals surface area (Å²) >= 11 is 3.61. The lowest BCUT2D eigenvalue weighted by molar-refractivity contribution is 0.0671. The number of fused-ring (bicyclic) bond motifs is 1. The number of hydrogen-bond donors (Lipinski definition) is 2. The van der Waals surface area contributed by atoms with Crippen molar-refractivity contribution in [2.24, 2.45) is 5.92 Å². The second-order valence-electron chi connectivity index (χ2n) is 8.96. The van der Waals surface area contributed by atoms with Gasteiger partial charge in [-0.25, -0.2) is 4.98 Å². The normalized spacial score (nSPS) is 16.3. The number of aryl methyl sites for hydroxylation is 4. The van der Waals surface area contributed by atoms with Crippen LogP contribution in [0.15, 0.2) is 28.9 Å². The number of piperidine rings is 1. The molecule has 1 aliphatic rings. The first kappa shape index (κ1) is 22.3. The molecule has 1 aromatic carbocycles. The fraction of sp³-hybridized carbons (Fsp3) is 0.480. The molecule has 2 N–H and O–H groups in total. The zero-order valence-corrected chi connectivity index (χ0v) is 20.4. The predicted molar refractivity (Wildman–Crippen MR) is 130 cm³/mol. The van der Waals surface area contributed by atoms with Crippen LogP contribution in [0.25, 0.3) is 16.7 Å². The third-order valence-corrected chi connectivity index (χ3v) is 7.06. The van der Waals surface area contributed by atoms with Crippen LogP contribution in [0.1, 0.15) is 41.6 Å². The van der Waals surface area contributed by atoms with Crippen LogP contribution in [0.2, 0.25) is 0 Å². The topological polar surface area (TPSA) is 61.5 Å². The van der Waals surface area contributed by atoms with Gasteiger partial charge in [-0.2, -0.15) is 0 Å². The van der Waals surface area contributed by atoms with Crippen molar-refractivity contribution < 1.29 is 10.2 Å². The van der Waals surface area contributed by atoms with Crippen molar-refractivity contribution in [1.29, 1.82) is 0 Å². The van der Waals surface area contributed by atoms with Crippen LogP contribution >= 0.6 is 15.9 Å². The molecule has 0 radical (unpaired) electrons. The van der Waals surface area contributed by atoms with E-state index in [1.54, 1.807) is 0 Å². The number of rotatable bonds is 5. The van der Waals surface area contributed by atoms with Gasteiger partial charge in [-0.3, -0.25) is 0 Å². The highest BCUT2D eigenvalue weighted by Gasteiger charge is 2.27. The van der Waals surface area contributed by atoms with Gasteiger partial charge in [0.05, 0.1) is 11.8 Å². The molecule has 1 aliphatic heterocycles. The van der Waals surface area contributed by atoms with E-state index in [2.05, 4.69) is 77.5 Å². The Morgan fingerprint density at radius 1 is 1.06 bits per heavy atom. The quantitative estimate of drug-likeness (QED) is 0.534. The number of nitrogens with zero attached hydrogens (tertiary/aromatic N) is 3. The van der Waals surface area contributed by atoms with Gasteiger partial charge in [0.1, 0.15) is 5.65 Å². The molecule has 4 rings (SSSR count). The van der Waals surface area contributed by atoms with Gasteiger partial charge in [0.25, 0.3) is 0 Å². The number of benzene rings is 1. The molecule has 0 amide bonds. The van der Waals surface area contributed by atoms with E-state index in [0.29, 0.717) is 6.42 Å². The molecule has 0 aliphatic carbocycles. The summed E-state index contributed by atoms with van der Waals surface area (Å²) in [5, 5.41) is 20.7. The van der Waals surface area contributed by atoms with E-state index < -0.39 is 6.10 Å². The minimum Gasteiger partial charge on any atom is -0.396 e. The Kier molecular flexibility index (Phi) is 6.42. The first-order valence-electron chi connectivity index (χ1n) is 11.1. The molecule has 6 heteroatoms. The molecule has 5 nitrogen and oxygen atoms in total. The van der Waals surface area contributed by atoms with Crippen LogP contribution in [-0.2, 0) is 0 Å². The monoisotopic (exact) mass is 485 g/mol. The molecular formula is C25H32BrN3O2. The molecule has 1 unspecified atom stereocenters. The zero-order chi connectivity index (χ0) is 22.3. The van der Waals surface area contributed by atoms with E-state index in [0.717, 1.165) is 41.7 Å². The summed E-state index contributed by atoms with van der Waals surface area (Å²) < 4.78 is 3.34. The van der Waals surface area contributed by atoms with Crippen molar-refractivity contribution in [1.82, 2.24) is 9.55 Å². The molecule has 3 heterocycles. The number of aromatic nitrogens is 2. The van der Waals surface area contributed by atoms with Gasteiger partial charge in [-0.15, -0.1) is 0 Å². The van der Waals surface area contributed by atoms with Crippen molar-refractivity contribution in [2.75, 3.05) is 24.6 Å². The predicted octanol–water partition coefficient (Wildman–Crippen LogP) is 4.98. The molecule has 0 saturated carbocycles. The lowest BCUT2D eigenvalue weighted by Crippen LogP contribution is -2.38. The van der Waals surface area contributed by atoms with Gasteiger partial charge in [0.15, 0.2) is 0 Å². The third-order valence-electron chi connectivity index (χ3n) is 6.60. The van der Waals surface area contributed by atoms with E-state index in [4.69, 9.17) is 10.1 Å². The van der Waals surface area contributed by atoms with Gasteiger partial charge in [-0.1, -0.05) is 15.9 Å². The second-order valence-corrected chi connectivity index (χ2v) is 9.87. The molecule has 0 spiro atoms. The second kappa shape index (κ2) is 8.93. The SMILES string of the molecule is Cc1cc(N2CCC(C(O)CCO)CC2)c2c(C)cn(-c3c(C)cc(Br)cc3C)c2n1. The van der Waals surface area contributed by atoms with E-state index in [1.807, 2.05) is 0 Å². The standard InChI is InChI=1S/C25H32BrN3O2/c1-15-11-20(26)12-16(2)24(15)29-14-17(3)23-21(13-18(4)27-25(23)29)28-8-5-19(6-9-28)22(31)7-10-30/h11-14,19,22,30-31H,5-10H2,1-4H3. The average Bonchev–Trinajstić information content (AvgIpc) is 3.03. The lowest BCUT2D eigenvalue weighted by atomic mass is 9.89. The minimum absolute atomic E-state index is 0.0488. The summed E-state index contributed by atoms with van der Waals surface area (Å²) in [5.74, 6) is 0.264. The summed E-state index contributed by atoms with van der Waals surface area (Å²) in [6, 6.07) is 6.51. The van der Waals surface area contributed by atoms with E-state index in [-0.39, 0.29) is 12.5 Å². The maximum absolute atomic E-state index is 10.3. The molecule has 1 fully saturated rings. The van der Waals surface area contributed by atoms with Crippen molar-refractivity contribution in [3.63, 3.8) is 0 Å². The Morgan fingerprint density at radius 2 is 1.71 bits per heavy atom. The fourth-order valence-corrected chi connectivity index (χ4v) is 5.79. The zero-order valence-electron chi connectivity index (χ0n) is 18.8. The van der Waals surface area contributed by atoms with Crippen molar-refractivity contribution in [3.8, 4) is 5.69 Å². The van der Waals surface area contributed by atoms with Crippen LogP contribution < -0.4 is 4.90 Å². The molecule has 31 heavy (non-hydrogen) atoms.